The van der Waals surface area contributed by atoms with Gasteiger partial charge in [0, 0.05) is 6.04 Å². The molecule has 0 atom stereocenters. The number of piperazine rings is 1. The van der Waals surface area contributed by atoms with Crippen molar-refractivity contribution >= 4 is 33.2 Å². The van der Waals surface area contributed by atoms with Gasteiger partial charge in [0.1, 0.15) is 4.21 Å². The van der Waals surface area contributed by atoms with Crippen molar-refractivity contribution in [1.29, 1.82) is 0 Å². The van der Waals surface area contributed by atoms with E-state index in [1.54, 1.807) is 17.5 Å². The second-order valence-electron chi connectivity index (χ2n) is 6.26. The van der Waals surface area contributed by atoms with E-state index in [9.17, 15) is 18.0 Å². The third-order valence-electron chi connectivity index (χ3n) is 3.83. The molecular formula is C15H25N4O4S2+. The van der Waals surface area contributed by atoms with Crippen LogP contribution < -0.4 is 15.5 Å². The summed E-state index contributed by atoms with van der Waals surface area (Å²) in [4.78, 5) is 24.4. The zero-order valence-corrected chi connectivity index (χ0v) is 16.1. The molecule has 1 saturated heterocycles. The molecule has 0 unspecified atom stereocenters. The predicted octanol–water partition coefficient (Wildman–Crippen LogP) is -1.72. The normalized spacial score (nSPS) is 16.8. The largest absolute Gasteiger partial charge is 0.352 e. The molecule has 1 aromatic rings. The molecule has 0 radical (unpaired) electrons. The molecule has 0 bridgehead atoms. The summed E-state index contributed by atoms with van der Waals surface area (Å²) in [6, 6.07) is 3.36. The molecule has 8 nitrogen and oxygen atoms in total. The van der Waals surface area contributed by atoms with E-state index >= 15 is 0 Å². The third kappa shape index (κ3) is 5.77. The minimum absolute atomic E-state index is 0.0356. The third-order valence-corrected chi connectivity index (χ3v) is 7.10. The van der Waals surface area contributed by atoms with Crippen LogP contribution >= 0.6 is 11.3 Å². The number of sulfonamides is 1. The van der Waals surface area contributed by atoms with Gasteiger partial charge in [-0.3, -0.25) is 9.59 Å². The van der Waals surface area contributed by atoms with Crippen LogP contribution in [0.2, 0.25) is 0 Å². The molecule has 0 aliphatic carbocycles. The predicted molar refractivity (Wildman–Crippen MR) is 94.9 cm³/mol. The van der Waals surface area contributed by atoms with Crippen LogP contribution in [0.5, 0.6) is 0 Å². The van der Waals surface area contributed by atoms with Crippen molar-refractivity contribution in [3.05, 3.63) is 17.5 Å². The average Bonchev–Trinajstić information content (AvgIpc) is 3.08. The molecule has 10 heteroatoms. The number of hydrogen-bond acceptors (Lipinski definition) is 5. The molecule has 0 saturated carbocycles. The van der Waals surface area contributed by atoms with E-state index in [0.29, 0.717) is 30.4 Å². The smallest absolute Gasteiger partial charge is 0.275 e. The van der Waals surface area contributed by atoms with Crippen molar-refractivity contribution in [2.45, 2.75) is 24.1 Å². The Hall–Kier alpha value is -1.49. The van der Waals surface area contributed by atoms with E-state index < -0.39 is 10.0 Å². The van der Waals surface area contributed by atoms with Gasteiger partial charge >= 0.3 is 0 Å². The van der Waals surface area contributed by atoms with Gasteiger partial charge in [0.25, 0.3) is 15.9 Å². The van der Waals surface area contributed by atoms with Crippen molar-refractivity contribution in [3.8, 4) is 0 Å². The van der Waals surface area contributed by atoms with E-state index in [0.717, 1.165) is 4.90 Å². The number of thiophene rings is 1. The lowest BCUT2D eigenvalue weighted by Crippen LogP contribution is -3.15. The van der Waals surface area contributed by atoms with Gasteiger partial charge in [-0.25, -0.2) is 8.42 Å². The second-order valence-corrected chi connectivity index (χ2v) is 9.37. The van der Waals surface area contributed by atoms with Crippen molar-refractivity contribution in [1.82, 2.24) is 14.9 Å². The molecular weight excluding hydrogens is 364 g/mol. The summed E-state index contributed by atoms with van der Waals surface area (Å²) in [5.74, 6) is -0.423. The molecule has 1 aliphatic rings. The number of carbonyl (C=O) groups excluding carboxylic acids is 2. The quantitative estimate of drug-likeness (QED) is 0.516. The van der Waals surface area contributed by atoms with E-state index in [1.165, 1.54) is 15.6 Å². The van der Waals surface area contributed by atoms with E-state index in [4.69, 9.17) is 0 Å². The Morgan fingerprint density at radius 1 is 1.28 bits per heavy atom. The topological polar surface area (TPSA) is 100 Å². The van der Waals surface area contributed by atoms with Crippen LogP contribution in [-0.4, -0.2) is 69.8 Å². The Labute approximate surface area is 152 Å². The lowest BCUT2D eigenvalue weighted by atomic mass is 10.3. The van der Waals surface area contributed by atoms with Crippen LogP contribution in [0.1, 0.15) is 13.8 Å². The number of nitrogens with one attached hydrogen (secondary N) is 3. The maximum Gasteiger partial charge on any atom is 0.275 e. The van der Waals surface area contributed by atoms with Crippen LogP contribution in [-0.2, 0) is 19.6 Å². The van der Waals surface area contributed by atoms with Gasteiger partial charge in [-0.15, -0.1) is 11.3 Å². The van der Waals surface area contributed by atoms with Crippen LogP contribution in [0.4, 0.5) is 0 Å². The van der Waals surface area contributed by atoms with Crippen molar-refractivity contribution in [3.63, 3.8) is 0 Å². The summed E-state index contributed by atoms with van der Waals surface area (Å²) in [5, 5.41) is 7.05. The first-order chi connectivity index (χ1) is 11.8. The molecule has 2 rings (SSSR count). The summed E-state index contributed by atoms with van der Waals surface area (Å²) in [6.07, 6.45) is 0. The molecule has 2 amide bonds. The number of rotatable bonds is 7. The van der Waals surface area contributed by atoms with Gasteiger partial charge in [-0.2, -0.15) is 4.31 Å². The zero-order chi connectivity index (χ0) is 18.4. The fourth-order valence-electron chi connectivity index (χ4n) is 2.60. The standard InChI is InChI=1S/C15H24N4O4S2/c1-12(2)17-13(20)10-16-14(21)11-18-5-7-19(8-6-18)25(22,23)15-4-3-9-24-15/h3-4,9,12H,5-8,10-11H2,1-2H3,(H,16,21)(H,17,20)/p+1. The monoisotopic (exact) mass is 389 g/mol. The molecule has 1 aliphatic heterocycles. The summed E-state index contributed by atoms with van der Waals surface area (Å²) in [7, 11) is -3.42. The highest BCUT2D eigenvalue weighted by atomic mass is 32.2. The fourth-order valence-corrected chi connectivity index (χ4v) is 5.18. The van der Waals surface area contributed by atoms with E-state index in [2.05, 4.69) is 10.6 Å². The van der Waals surface area contributed by atoms with Crippen molar-refractivity contribution < 1.29 is 22.9 Å². The maximum absolute atomic E-state index is 12.4. The molecule has 2 heterocycles. The number of hydrogen-bond donors (Lipinski definition) is 3. The lowest BCUT2D eigenvalue weighted by Gasteiger charge is -2.30. The summed E-state index contributed by atoms with van der Waals surface area (Å²) >= 11 is 1.21. The minimum Gasteiger partial charge on any atom is -0.352 e. The fraction of sp³-hybridized carbons (Fsp3) is 0.600. The Morgan fingerprint density at radius 3 is 2.52 bits per heavy atom. The summed E-state index contributed by atoms with van der Waals surface area (Å²) in [6.45, 7) is 5.81. The molecule has 1 aromatic heterocycles. The minimum atomic E-state index is -3.42. The highest BCUT2D eigenvalue weighted by Gasteiger charge is 2.31. The van der Waals surface area contributed by atoms with Gasteiger partial charge in [0.15, 0.2) is 6.54 Å². The van der Waals surface area contributed by atoms with E-state index in [-0.39, 0.29) is 30.9 Å². The highest BCUT2D eigenvalue weighted by Crippen LogP contribution is 2.20. The van der Waals surface area contributed by atoms with Crippen LogP contribution in [0.3, 0.4) is 0 Å². The van der Waals surface area contributed by atoms with Gasteiger partial charge in [-0.05, 0) is 25.3 Å². The Kier molecular flexibility index (Phi) is 6.94. The molecule has 140 valence electrons. The van der Waals surface area contributed by atoms with Crippen LogP contribution in [0, 0.1) is 0 Å². The van der Waals surface area contributed by atoms with E-state index in [1.807, 2.05) is 13.8 Å². The molecule has 0 aromatic carbocycles. The molecule has 1 fully saturated rings. The molecule has 3 N–H and O–H groups in total. The second kappa shape index (κ2) is 8.75. The number of carbonyl (C=O) groups is 2. The Bertz CT molecular complexity index is 680. The SMILES string of the molecule is CC(C)NC(=O)CNC(=O)C[NH+]1CCN(S(=O)(=O)c2cccs2)CC1. The number of quaternary nitrogens is 1. The Balaban J connectivity index is 1.75. The summed E-state index contributed by atoms with van der Waals surface area (Å²) < 4.78 is 26.7. The first-order valence-corrected chi connectivity index (χ1v) is 10.5. The first kappa shape index (κ1) is 19.8. The average molecular weight is 390 g/mol. The van der Waals surface area contributed by atoms with Gasteiger partial charge in [0.2, 0.25) is 5.91 Å². The van der Waals surface area contributed by atoms with Crippen LogP contribution in [0.25, 0.3) is 0 Å². The molecule has 0 spiro atoms. The summed E-state index contributed by atoms with van der Waals surface area (Å²) in [5.41, 5.74) is 0. The van der Waals surface area contributed by atoms with Gasteiger partial charge in [0.05, 0.1) is 32.7 Å². The first-order valence-electron chi connectivity index (χ1n) is 8.22. The zero-order valence-electron chi connectivity index (χ0n) is 14.4. The maximum atomic E-state index is 12.4. The van der Waals surface area contributed by atoms with Crippen LogP contribution in [0.15, 0.2) is 21.7 Å². The van der Waals surface area contributed by atoms with Crippen molar-refractivity contribution in [2.24, 2.45) is 0 Å². The van der Waals surface area contributed by atoms with Gasteiger partial charge < -0.3 is 15.5 Å². The molecule has 25 heavy (non-hydrogen) atoms. The number of amides is 2. The lowest BCUT2D eigenvalue weighted by molar-refractivity contribution is -0.895. The van der Waals surface area contributed by atoms with Gasteiger partial charge in [-0.1, -0.05) is 6.07 Å². The van der Waals surface area contributed by atoms with Crippen molar-refractivity contribution in [2.75, 3.05) is 39.3 Å². The highest BCUT2D eigenvalue weighted by molar-refractivity contribution is 7.91. The Morgan fingerprint density at radius 2 is 1.96 bits per heavy atom. The number of nitrogens with zero attached hydrogens (tertiary/aromatic N) is 1.